The third-order valence-electron chi connectivity index (χ3n) is 12.2. The molecule has 1 saturated carbocycles. The third kappa shape index (κ3) is 5.14. The summed E-state index contributed by atoms with van der Waals surface area (Å²) in [5, 5.41) is 17.7. The fraction of sp³-hybridized carbons (Fsp3) is 0.293. The molecule has 2 aromatic heterocycles. The van der Waals surface area contributed by atoms with Crippen molar-refractivity contribution in [2.24, 2.45) is 36.1 Å². The number of nitrogens with zero attached hydrogens (tertiary/aromatic N) is 4. The number of hydrogen-bond acceptors (Lipinski definition) is 8. The van der Waals surface area contributed by atoms with Crippen molar-refractivity contribution < 1.29 is 29.0 Å². The van der Waals surface area contributed by atoms with Gasteiger partial charge in [-0.15, -0.1) is 11.3 Å². The van der Waals surface area contributed by atoms with Gasteiger partial charge in [-0.05, 0) is 120 Å². The molecule has 2 aliphatic heterocycles. The molecular formula is C41H33BrCl2N4O6S. The zero-order valence-corrected chi connectivity index (χ0v) is 33.9. The number of aromatic nitrogens is 2. The molecule has 6 unspecified atom stereocenters. The first-order valence-corrected chi connectivity index (χ1v) is 20.1. The maximum absolute atomic E-state index is 15.2. The van der Waals surface area contributed by atoms with Gasteiger partial charge in [0.2, 0.25) is 23.6 Å². The van der Waals surface area contributed by atoms with E-state index in [9.17, 15) is 19.5 Å². The first-order chi connectivity index (χ1) is 26.2. The van der Waals surface area contributed by atoms with Gasteiger partial charge < -0.3 is 9.84 Å². The molecule has 4 heterocycles. The largest absolute Gasteiger partial charge is 0.503 e. The van der Waals surface area contributed by atoms with Crippen molar-refractivity contribution in [3.63, 3.8) is 0 Å². The molecule has 0 spiro atoms. The van der Waals surface area contributed by atoms with Gasteiger partial charge in [0.1, 0.15) is 11.5 Å². The number of imide groups is 2. The molecule has 2 aliphatic carbocycles. The Balaban J connectivity index is 1.17. The van der Waals surface area contributed by atoms with Crippen LogP contribution in [-0.2, 0) is 26.2 Å². The maximum atomic E-state index is 15.2. The minimum atomic E-state index is -1.32. The molecule has 0 bridgehead atoms. The fourth-order valence-corrected chi connectivity index (χ4v) is 11.5. The van der Waals surface area contributed by atoms with Crippen LogP contribution in [0.4, 0.5) is 11.5 Å². The standard InChI is InChI=1S/C41H33BrCl2N4O6S/c1-18-25-15-21(44)7-12-31(25)55-36(18)29-17-32(46(3)45-29)48-38(51)27-16-26-23(34(41(27,2)40(48)53)19-13-28(42)35(49)30(14-19)54-4)10-11-24-33(26)39(52)47(37(24)50)22-8-5-20(43)6-9-22/h5-10,12-15,17,24,26-27,33-34,49H,11,16H2,1-4H3. The number of benzene rings is 3. The highest BCUT2D eigenvalue weighted by molar-refractivity contribution is 9.10. The average molecular weight is 861 g/mol. The van der Waals surface area contributed by atoms with E-state index in [1.807, 2.05) is 38.1 Å². The topological polar surface area (TPSA) is 122 Å². The summed E-state index contributed by atoms with van der Waals surface area (Å²) in [6, 6.07) is 17.5. The van der Waals surface area contributed by atoms with E-state index in [0.29, 0.717) is 37.3 Å². The zero-order chi connectivity index (χ0) is 38.8. The van der Waals surface area contributed by atoms with Crippen LogP contribution in [0.2, 0.25) is 10.0 Å². The number of hydrogen-bond donors (Lipinski definition) is 1. The molecule has 4 aliphatic rings. The molecule has 3 aromatic carbocycles. The van der Waals surface area contributed by atoms with Crippen LogP contribution in [0.25, 0.3) is 20.7 Å². The number of phenols is 1. The lowest BCUT2D eigenvalue weighted by molar-refractivity contribution is -0.131. The van der Waals surface area contributed by atoms with E-state index in [4.69, 9.17) is 33.0 Å². The van der Waals surface area contributed by atoms with Crippen LogP contribution in [0.15, 0.2) is 76.8 Å². The summed E-state index contributed by atoms with van der Waals surface area (Å²) >= 11 is 17.5. The van der Waals surface area contributed by atoms with E-state index in [2.05, 4.69) is 15.9 Å². The maximum Gasteiger partial charge on any atom is 0.242 e. The second-order valence-electron chi connectivity index (χ2n) is 14.9. The third-order valence-corrected chi connectivity index (χ3v) is 14.6. The SMILES string of the molecule is COc1cc(C2C3=CCC4C(=O)N(c5ccc(Cl)cc5)C(=O)C4C3CC3C(=O)N(c4cc(-c5sc6ccc(Cl)cc6c5C)nn4C)C(=O)C32C)cc(Br)c1O. The predicted molar refractivity (Wildman–Crippen MR) is 215 cm³/mol. The van der Waals surface area contributed by atoms with E-state index in [1.54, 1.807) is 65.5 Å². The number of halogens is 3. The number of aryl methyl sites for hydroxylation is 2. The molecule has 0 radical (unpaired) electrons. The van der Waals surface area contributed by atoms with Crippen molar-refractivity contribution in [3.05, 3.63) is 98.0 Å². The molecule has 14 heteroatoms. The molecule has 9 rings (SSSR count). The number of rotatable bonds is 5. The minimum absolute atomic E-state index is 0.107. The molecule has 3 fully saturated rings. The molecular weight excluding hydrogens is 827 g/mol. The molecule has 280 valence electrons. The van der Waals surface area contributed by atoms with E-state index in [-0.39, 0.29) is 36.2 Å². The number of ether oxygens (including phenoxy) is 1. The molecule has 1 N–H and O–H groups in total. The number of phenolic OH excluding ortho intramolecular Hbond substituents is 1. The van der Waals surface area contributed by atoms with Gasteiger partial charge in [-0.3, -0.25) is 28.8 Å². The molecule has 4 amide bonds. The second kappa shape index (κ2) is 12.8. The van der Waals surface area contributed by atoms with Gasteiger partial charge in [0, 0.05) is 33.8 Å². The van der Waals surface area contributed by atoms with Crippen LogP contribution < -0.4 is 14.5 Å². The normalized spacial score (nSPS) is 26.1. The Morgan fingerprint density at radius 3 is 2.40 bits per heavy atom. The lowest BCUT2D eigenvalue weighted by Crippen LogP contribution is -2.49. The summed E-state index contributed by atoms with van der Waals surface area (Å²) in [5.41, 5.74) is 2.17. The Morgan fingerprint density at radius 2 is 1.67 bits per heavy atom. The lowest BCUT2D eigenvalue weighted by Gasteiger charge is -2.49. The van der Waals surface area contributed by atoms with Crippen LogP contribution in [0.5, 0.6) is 11.5 Å². The molecule has 55 heavy (non-hydrogen) atoms. The van der Waals surface area contributed by atoms with Crippen LogP contribution in [0.3, 0.4) is 0 Å². The molecule has 2 saturated heterocycles. The lowest BCUT2D eigenvalue weighted by atomic mass is 9.51. The number of carbonyl (C=O) groups excluding carboxylic acids is 4. The number of thiophene rings is 1. The van der Waals surface area contributed by atoms with Crippen molar-refractivity contribution in [3.8, 4) is 22.1 Å². The first-order valence-electron chi connectivity index (χ1n) is 17.8. The fourth-order valence-electron chi connectivity index (χ4n) is 9.59. The van der Waals surface area contributed by atoms with Crippen LogP contribution >= 0.6 is 50.5 Å². The number of allylic oxidation sites excluding steroid dienone is 2. The number of aromatic hydroxyl groups is 1. The quantitative estimate of drug-likeness (QED) is 0.139. The van der Waals surface area contributed by atoms with Crippen molar-refractivity contribution in [2.45, 2.75) is 32.6 Å². The predicted octanol–water partition coefficient (Wildman–Crippen LogP) is 8.83. The van der Waals surface area contributed by atoms with Gasteiger partial charge >= 0.3 is 0 Å². The van der Waals surface area contributed by atoms with E-state index in [0.717, 1.165) is 26.1 Å². The number of anilines is 2. The summed E-state index contributed by atoms with van der Waals surface area (Å²) in [6.45, 7) is 3.82. The van der Waals surface area contributed by atoms with E-state index < -0.39 is 46.8 Å². The Bertz CT molecular complexity index is 2570. The van der Waals surface area contributed by atoms with Gasteiger partial charge in [-0.2, -0.15) is 5.10 Å². The van der Waals surface area contributed by atoms with Gasteiger partial charge in [-0.25, -0.2) is 4.90 Å². The number of amides is 4. The van der Waals surface area contributed by atoms with Crippen molar-refractivity contribution in [1.82, 2.24) is 9.78 Å². The highest BCUT2D eigenvalue weighted by Gasteiger charge is 2.68. The van der Waals surface area contributed by atoms with Crippen LogP contribution in [-0.4, -0.2) is 45.6 Å². The van der Waals surface area contributed by atoms with Crippen LogP contribution in [0, 0.1) is 36.0 Å². The number of fused-ring (bicyclic) bond motifs is 5. The van der Waals surface area contributed by atoms with Crippen molar-refractivity contribution in [2.75, 3.05) is 16.9 Å². The molecule has 6 atom stereocenters. The second-order valence-corrected chi connectivity index (χ2v) is 17.7. The van der Waals surface area contributed by atoms with Gasteiger partial charge in [0.15, 0.2) is 11.5 Å². The Morgan fingerprint density at radius 1 is 0.945 bits per heavy atom. The summed E-state index contributed by atoms with van der Waals surface area (Å²) in [7, 11) is 3.15. The minimum Gasteiger partial charge on any atom is -0.503 e. The summed E-state index contributed by atoms with van der Waals surface area (Å²) in [5.74, 6) is -4.51. The average Bonchev–Trinajstić information content (AvgIpc) is 3.83. The Labute approximate surface area is 338 Å². The molecule has 5 aromatic rings. The van der Waals surface area contributed by atoms with Gasteiger partial charge in [-0.1, -0.05) is 34.9 Å². The smallest absolute Gasteiger partial charge is 0.242 e. The molecule has 10 nitrogen and oxygen atoms in total. The highest BCUT2D eigenvalue weighted by atomic mass is 79.9. The van der Waals surface area contributed by atoms with Crippen LogP contribution in [0.1, 0.15) is 36.8 Å². The Kier molecular flexibility index (Phi) is 8.40. The number of methoxy groups -OCH3 is 1. The van der Waals surface area contributed by atoms with Crippen molar-refractivity contribution >= 4 is 95.7 Å². The highest BCUT2D eigenvalue weighted by Crippen LogP contribution is 2.64. The zero-order valence-electron chi connectivity index (χ0n) is 30.0. The Hall–Kier alpha value is -4.49. The summed E-state index contributed by atoms with van der Waals surface area (Å²) in [6.07, 6.45) is 2.46. The van der Waals surface area contributed by atoms with E-state index >= 15 is 4.79 Å². The van der Waals surface area contributed by atoms with Gasteiger partial charge in [0.25, 0.3) is 0 Å². The van der Waals surface area contributed by atoms with E-state index in [1.165, 1.54) is 16.9 Å². The first kappa shape index (κ1) is 36.2. The van der Waals surface area contributed by atoms with Gasteiger partial charge in [0.05, 0.1) is 45.3 Å². The summed E-state index contributed by atoms with van der Waals surface area (Å²) < 4.78 is 8.50. The van der Waals surface area contributed by atoms with Crippen molar-refractivity contribution in [1.29, 1.82) is 0 Å². The number of carbonyl (C=O) groups is 4. The summed E-state index contributed by atoms with van der Waals surface area (Å²) in [4.78, 5) is 61.9. The monoisotopic (exact) mass is 858 g/mol.